The summed E-state index contributed by atoms with van der Waals surface area (Å²) in [5, 5.41) is 3.32. The number of anilines is 1. The van der Waals surface area contributed by atoms with E-state index in [0.717, 1.165) is 22.5 Å². The van der Waals surface area contributed by atoms with Crippen LogP contribution in [0.4, 0.5) is 5.69 Å². The zero-order valence-electron chi connectivity index (χ0n) is 13.7. The van der Waals surface area contributed by atoms with Crippen LogP contribution in [0.3, 0.4) is 0 Å². The normalized spacial score (nSPS) is 11.0. The van der Waals surface area contributed by atoms with Crippen LogP contribution in [0.5, 0.6) is 0 Å². The number of benzene rings is 1. The number of rotatable bonds is 4. The second-order valence-corrected chi connectivity index (χ2v) is 6.63. The molecule has 124 valence electrons. The summed E-state index contributed by atoms with van der Waals surface area (Å²) in [7, 11) is 0. The van der Waals surface area contributed by atoms with Crippen LogP contribution in [-0.2, 0) is 4.79 Å². The number of carbonyl (C=O) groups excluding carboxylic acids is 1. The molecule has 0 aliphatic heterocycles. The van der Waals surface area contributed by atoms with Gasteiger partial charge in [0.1, 0.15) is 5.52 Å². The zero-order valence-corrected chi connectivity index (χ0v) is 14.5. The highest BCUT2D eigenvalue weighted by Gasteiger charge is 2.10. The van der Waals surface area contributed by atoms with E-state index in [-0.39, 0.29) is 17.2 Å². The highest BCUT2D eigenvalue weighted by molar-refractivity contribution is 7.99. The van der Waals surface area contributed by atoms with Gasteiger partial charge in [0.25, 0.3) is 5.56 Å². The summed E-state index contributed by atoms with van der Waals surface area (Å²) in [6, 6.07) is 7.60. The van der Waals surface area contributed by atoms with E-state index in [1.807, 2.05) is 45.0 Å². The molecule has 0 aliphatic rings. The van der Waals surface area contributed by atoms with Gasteiger partial charge in [-0.2, -0.15) is 0 Å². The number of fused-ring (bicyclic) bond motifs is 1. The van der Waals surface area contributed by atoms with Crippen LogP contribution in [0.2, 0.25) is 0 Å². The molecule has 2 heterocycles. The molecule has 3 aromatic rings. The largest absolute Gasteiger partial charge is 0.353 e. The predicted octanol–water partition coefficient (Wildman–Crippen LogP) is 2.91. The zero-order chi connectivity index (χ0) is 17.3. The van der Waals surface area contributed by atoms with Gasteiger partial charge in [-0.15, -0.1) is 0 Å². The second kappa shape index (κ2) is 6.52. The molecule has 0 unspecified atom stereocenters. The third-order valence-corrected chi connectivity index (χ3v) is 4.69. The SMILES string of the molecule is Cc1cc2nc(SCC(=O)Nc3cccc(C)c3C)[nH]c(=O)c2[nH]1. The van der Waals surface area contributed by atoms with E-state index >= 15 is 0 Å². The summed E-state index contributed by atoms with van der Waals surface area (Å²) in [6.45, 7) is 5.84. The fourth-order valence-electron chi connectivity index (χ4n) is 2.41. The van der Waals surface area contributed by atoms with E-state index in [2.05, 4.69) is 20.3 Å². The standard InChI is InChI=1S/C17H18N4O2S/c1-9-5-4-6-12(11(9)3)19-14(22)8-24-17-20-13-7-10(2)18-15(13)16(23)21-17/h4-7,18H,8H2,1-3H3,(H,19,22)(H,20,21,23). The lowest BCUT2D eigenvalue weighted by atomic mass is 10.1. The van der Waals surface area contributed by atoms with Gasteiger partial charge in [-0.25, -0.2) is 4.98 Å². The molecular weight excluding hydrogens is 324 g/mol. The maximum Gasteiger partial charge on any atom is 0.275 e. The summed E-state index contributed by atoms with van der Waals surface area (Å²) in [5.74, 6) is 0.0345. The van der Waals surface area contributed by atoms with Crippen LogP contribution in [0.1, 0.15) is 16.8 Å². The maximum absolute atomic E-state index is 12.1. The molecule has 1 amide bonds. The van der Waals surface area contributed by atoms with Gasteiger partial charge in [-0.1, -0.05) is 23.9 Å². The molecule has 3 N–H and O–H groups in total. The lowest BCUT2D eigenvalue weighted by molar-refractivity contribution is -0.113. The van der Waals surface area contributed by atoms with Crippen LogP contribution < -0.4 is 10.9 Å². The molecule has 24 heavy (non-hydrogen) atoms. The molecule has 3 rings (SSSR count). The van der Waals surface area contributed by atoms with E-state index in [4.69, 9.17) is 0 Å². The number of aromatic nitrogens is 3. The molecule has 0 spiro atoms. The number of nitrogens with one attached hydrogen (secondary N) is 3. The van der Waals surface area contributed by atoms with Crippen LogP contribution in [0, 0.1) is 20.8 Å². The van der Waals surface area contributed by atoms with Crippen molar-refractivity contribution in [1.29, 1.82) is 0 Å². The fourth-order valence-corrected chi connectivity index (χ4v) is 3.08. The summed E-state index contributed by atoms with van der Waals surface area (Å²) in [5.41, 5.74) is 4.68. The highest BCUT2D eigenvalue weighted by atomic mass is 32.2. The van der Waals surface area contributed by atoms with E-state index < -0.39 is 0 Å². The molecule has 0 aliphatic carbocycles. The van der Waals surface area contributed by atoms with Crippen LogP contribution >= 0.6 is 11.8 Å². The van der Waals surface area contributed by atoms with Crippen LogP contribution in [0.25, 0.3) is 11.0 Å². The molecule has 0 radical (unpaired) electrons. The van der Waals surface area contributed by atoms with Crippen molar-refractivity contribution in [3.05, 3.63) is 51.4 Å². The number of carbonyl (C=O) groups is 1. The third kappa shape index (κ3) is 3.35. The van der Waals surface area contributed by atoms with Crippen molar-refractivity contribution in [2.75, 3.05) is 11.1 Å². The third-order valence-electron chi connectivity index (χ3n) is 3.82. The number of thioether (sulfide) groups is 1. The van der Waals surface area contributed by atoms with E-state index in [0.29, 0.717) is 16.2 Å². The summed E-state index contributed by atoms with van der Waals surface area (Å²) in [4.78, 5) is 34.2. The maximum atomic E-state index is 12.1. The lowest BCUT2D eigenvalue weighted by Gasteiger charge is -2.10. The molecule has 0 saturated carbocycles. The minimum Gasteiger partial charge on any atom is -0.353 e. The second-order valence-electron chi connectivity index (χ2n) is 5.67. The number of H-pyrrole nitrogens is 2. The minimum atomic E-state index is -0.231. The van der Waals surface area contributed by atoms with E-state index in [9.17, 15) is 9.59 Å². The van der Waals surface area contributed by atoms with Crippen molar-refractivity contribution >= 4 is 34.4 Å². The summed E-state index contributed by atoms with van der Waals surface area (Å²) in [6.07, 6.45) is 0. The number of hydrogen-bond acceptors (Lipinski definition) is 4. The predicted molar refractivity (Wildman–Crippen MR) is 96.7 cm³/mol. The van der Waals surface area contributed by atoms with Gasteiger partial charge in [-0.3, -0.25) is 14.6 Å². The summed E-state index contributed by atoms with van der Waals surface area (Å²) >= 11 is 1.20. The van der Waals surface area contributed by atoms with Crippen molar-refractivity contribution in [2.45, 2.75) is 25.9 Å². The van der Waals surface area contributed by atoms with Crippen molar-refractivity contribution in [3.8, 4) is 0 Å². The Morgan fingerprint density at radius 3 is 2.83 bits per heavy atom. The first kappa shape index (κ1) is 16.3. The Morgan fingerprint density at radius 1 is 1.25 bits per heavy atom. The van der Waals surface area contributed by atoms with Gasteiger partial charge in [0.2, 0.25) is 5.91 Å². The molecule has 7 heteroatoms. The summed E-state index contributed by atoms with van der Waals surface area (Å²) < 4.78 is 0. The smallest absolute Gasteiger partial charge is 0.275 e. The molecule has 0 bridgehead atoms. The number of hydrogen-bond donors (Lipinski definition) is 3. The average molecular weight is 342 g/mol. The first-order chi connectivity index (χ1) is 11.4. The number of amides is 1. The fraction of sp³-hybridized carbons (Fsp3) is 0.235. The van der Waals surface area contributed by atoms with Gasteiger partial charge < -0.3 is 10.3 Å². The van der Waals surface area contributed by atoms with Crippen molar-refractivity contribution in [3.63, 3.8) is 0 Å². The molecule has 0 fully saturated rings. The van der Waals surface area contributed by atoms with E-state index in [1.54, 1.807) is 0 Å². The molecule has 1 aromatic carbocycles. The molecule has 6 nitrogen and oxygen atoms in total. The molecular formula is C17H18N4O2S. The average Bonchev–Trinajstić information content (AvgIpc) is 2.91. The van der Waals surface area contributed by atoms with Crippen molar-refractivity contribution in [2.24, 2.45) is 0 Å². The number of nitrogens with zero attached hydrogens (tertiary/aromatic N) is 1. The van der Waals surface area contributed by atoms with Gasteiger partial charge in [0, 0.05) is 11.4 Å². The minimum absolute atomic E-state index is 0.137. The van der Waals surface area contributed by atoms with Gasteiger partial charge in [0.15, 0.2) is 5.16 Å². The van der Waals surface area contributed by atoms with Gasteiger partial charge >= 0.3 is 0 Å². The highest BCUT2D eigenvalue weighted by Crippen LogP contribution is 2.19. The van der Waals surface area contributed by atoms with Crippen LogP contribution in [0.15, 0.2) is 34.2 Å². The quantitative estimate of drug-likeness (QED) is 0.502. The first-order valence-corrected chi connectivity index (χ1v) is 8.51. The monoisotopic (exact) mass is 342 g/mol. The van der Waals surface area contributed by atoms with Gasteiger partial charge in [-0.05, 0) is 44.0 Å². The van der Waals surface area contributed by atoms with E-state index in [1.165, 1.54) is 11.8 Å². The Hall–Kier alpha value is -2.54. The van der Waals surface area contributed by atoms with Crippen molar-refractivity contribution in [1.82, 2.24) is 15.0 Å². The molecule has 0 atom stereocenters. The molecule has 0 saturated heterocycles. The van der Waals surface area contributed by atoms with Gasteiger partial charge in [0.05, 0.1) is 11.3 Å². The number of aryl methyl sites for hydroxylation is 2. The lowest BCUT2D eigenvalue weighted by Crippen LogP contribution is -2.16. The van der Waals surface area contributed by atoms with Crippen LogP contribution in [-0.4, -0.2) is 26.6 Å². The Balaban J connectivity index is 1.70. The molecule has 2 aromatic heterocycles. The van der Waals surface area contributed by atoms with Crippen molar-refractivity contribution < 1.29 is 4.79 Å². The first-order valence-electron chi connectivity index (χ1n) is 7.52. The Labute approximate surface area is 143 Å². The Morgan fingerprint density at radius 2 is 2.04 bits per heavy atom. The Kier molecular flexibility index (Phi) is 4.44. The topological polar surface area (TPSA) is 90.6 Å². The Bertz CT molecular complexity index is 974. The number of aromatic amines is 2.